The Kier molecular flexibility index (Phi) is 4.46. The standard InChI is InChI=1S/C20H22FNO/c1-13(2)14-3-5-15(6-4-14)17-11-19(20(23)22-12-17)16-7-9-18(21)10-8-16/h3-10,13,17,19H,11-12H2,1-2H3,(H,22,23). The molecule has 0 radical (unpaired) electrons. The van der Waals surface area contributed by atoms with Crippen LogP contribution in [0.1, 0.15) is 54.7 Å². The average Bonchev–Trinajstić information content (AvgIpc) is 2.56. The van der Waals surface area contributed by atoms with Gasteiger partial charge < -0.3 is 5.32 Å². The number of benzene rings is 2. The van der Waals surface area contributed by atoms with E-state index in [1.54, 1.807) is 12.1 Å². The fourth-order valence-corrected chi connectivity index (χ4v) is 3.21. The molecule has 1 N–H and O–H groups in total. The quantitative estimate of drug-likeness (QED) is 0.898. The van der Waals surface area contributed by atoms with Gasteiger partial charge in [-0.3, -0.25) is 4.79 Å². The molecular weight excluding hydrogens is 289 g/mol. The van der Waals surface area contributed by atoms with E-state index in [9.17, 15) is 9.18 Å². The van der Waals surface area contributed by atoms with Crippen LogP contribution >= 0.6 is 0 Å². The Hall–Kier alpha value is -2.16. The summed E-state index contributed by atoms with van der Waals surface area (Å²) in [6, 6.07) is 14.9. The Balaban J connectivity index is 1.79. The highest BCUT2D eigenvalue weighted by Crippen LogP contribution is 2.33. The predicted molar refractivity (Wildman–Crippen MR) is 90.0 cm³/mol. The zero-order chi connectivity index (χ0) is 16.4. The number of hydrogen-bond acceptors (Lipinski definition) is 1. The maximum Gasteiger partial charge on any atom is 0.227 e. The lowest BCUT2D eigenvalue weighted by atomic mass is 9.81. The van der Waals surface area contributed by atoms with Gasteiger partial charge in [-0.2, -0.15) is 0 Å². The molecule has 0 bridgehead atoms. The molecule has 1 saturated heterocycles. The van der Waals surface area contributed by atoms with E-state index in [1.165, 1.54) is 23.3 Å². The summed E-state index contributed by atoms with van der Waals surface area (Å²) in [5, 5.41) is 3.00. The Morgan fingerprint density at radius 2 is 1.61 bits per heavy atom. The van der Waals surface area contributed by atoms with Gasteiger partial charge in [0.05, 0.1) is 5.92 Å². The Morgan fingerprint density at radius 3 is 2.22 bits per heavy atom. The normalized spacial score (nSPS) is 21.3. The number of hydrogen-bond donors (Lipinski definition) is 1. The lowest BCUT2D eigenvalue weighted by Gasteiger charge is -2.30. The van der Waals surface area contributed by atoms with Gasteiger partial charge in [-0.1, -0.05) is 50.2 Å². The molecule has 23 heavy (non-hydrogen) atoms. The second-order valence-corrected chi connectivity index (χ2v) is 6.60. The van der Waals surface area contributed by atoms with Crippen molar-refractivity contribution in [3.8, 4) is 0 Å². The largest absolute Gasteiger partial charge is 0.355 e. The topological polar surface area (TPSA) is 29.1 Å². The van der Waals surface area contributed by atoms with Crippen LogP contribution in [0.5, 0.6) is 0 Å². The predicted octanol–water partition coefficient (Wildman–Crippen LogP) is 4.34. The number of rotatable bonds is 3. The first-order valence-electron chi connectivity index (χ1n) is 8.17. The van der Waals surface area contributed by atoms with Crippen LogP contribution in [0.25, 0.3) is 0 Å². The number of nitrogens with one attached hydrogen (secondary N) is 1. The van der Waals surface area contributed by atoms with Crippen molar-refractivity contribution in [2.45, 2.75) is 38.0 Å². The van der Waals surface area contributed by atoms with E-state index in [0.717, 1.165) is 12.0 Å². The van der Waals surface area contributed by atoms with Crippen LogP contribution in [0.4, 0.5) is 4.39 Å². The lowest BCUT2D eigenvalue weighted by molar-refractivity contribution is -0.124. The third kappa shape index (κ3) is 3.44. The molecular formula is C20H22FNO. The summed E-state index contributed by atoms with van der Waals surface area (Å²) in [7, 11) is 0. The van der Waals surface area contributed by atoms with E-state index >= 15 is 0 Å². The molecule has 0 aromatic heterocycles. The third-order valence-electron chi connectivity index (χ3n) is 4.71. The lowest BCUT2D eigenvalue weighted by Crippen LogP contribution is -2.39. The van der Waals surface area contributed by atoms with Crippen LogP contribution in [0, 0.1) is 5.82 Å². The Morgan fingerprint density at radius 1 is 1.00 bits per heavy atom. The van der Waals surface area contributed by atoms with Gasteiger partial charge in [-0.25, -0.2) is 4.39 Å². The minimum absolute atomic E-state index is 0.0339. The van der Waals surface area contributed by atoms with E-state index in [1.807, 2.05) is 0 Å². The average molecular weight is 311 g/mol. The number of amides is 1. The fraction of sp³-hybridized carbons (Fsp3) is 0.350. The highest BCUT2D eigenvalue weighted by atomic mass is 19.1. The minimum atomic E-state index is -0.272. The molecule has 3 heteroatoms. The second kappa shape index (κ2) is 6.53. The van der Waals surface area contributed by atoms with Crippen molar-refractivity contribution >= 4 is 5.91 Å². The third-order valence-corrected chi connectivity index (χ3v) is 4.71. The van der Waals surface area contributed by atoms with Crippen LogP contribution in [0.15, 0.2) is 48.5 Å². The Labute approximate surface area is 136 Å². The number of halogens is 1. The molecule has 3 rings (SSSR count). The molecule has 1 aliphatic heterocycles. The molecule has 1 heterocycles. The van der Waals surface area contributed by atoms with Crippen molar-refractivity contribution in [2.75, 3.05) is 6.54 Å². The smallest absolute Gasteiger partial charge is 0.227 e. The van der Waals surface area contributed by atoms with E-state index in [-0.39, 0.29) is 17.6 Å². The molecule has 2 nitrogen and oxygen atoms in total. The van der Waals surface area contributed by atoms with Crippen LogP contribution in [0.3, 0.4) is 0 Å². The number of carbonyl (C=O) groups excluding carboxylic acids is 1. The monoisotopic (exact) mass is 311 g/mol. The number of piperidine rings is 1. The van der Waals surface area contributed by atoms with E-state index in [0.29, 0.717) is 18.4 Å². The molecule has 0 saturated carbocycles. The molecule has 2 aromatic rings. The van der Waals surface area contributed by atoms with Gasteiger partial charge in [0.25, 0.3) is 0 Å². The van der Waals surface area contributed by atoms with Crippen molar-refractivity contribution in [2.24, 2.45) is 0 Å². The maximum absolute atomic E-state index is 13.1. The van der Waals surface area contributed by atoms with Gasteiger partial charge in [-0.05, 0) is 41.2 Å². The number of carbonyl (C=O) groups is 1. The summed E-state index contributed by atoms with van der Waals surface area (Å²) in [5.74, 6) is 0.364. The van der Waals surface area contributed by atoms with Crippen LogP contribution in [-0.2, 0) is 4.79 Å². The molecule has 120 valence electrons. The zero-order valence-electron chi connectivity index (χ0n) is 13.6. The van der Waals surface area contributed by atoms with Crippen molar-refractivity contribution in [1.29, 1.82) is 0 Å². The van der Waals surface area contributed by atoms with Gasteiger partial charge in [0.15, 0.2) is 0 Å². The summed E-state index contributed by atoms with van der Waals surface area (Å²) in [5.41, 5.74) is 3.46. The first-order chi connectivity index (χ1) is 11.0. The van der Waals surface area contributed by atoms with Gasteiger partial charge in [0.1, 0.15) is 5.82 Å². The summed E-state index contributed by atoms with van der Waals surface area (Å²) in [4.78, 5) is 12.2. The highest BCUT2D eigenvalue weighted by molar-refractivity contribution is 5.84. The Bertz CT molecular complexity index is 676. The highest BCUT2D eigenvalue weighted by Gasteiger charge is 2.30. The van der Waals surface area contributed by atoms with Crippen LogP contribution in [-0.4, -0.2) is 12.5 Å². The van der Waals surface area contributed by atoms with Crippen LogP contribution in [0.2, 0.25) is 0 Å². The fourth-order valence-electron chi connectivity index (χ4n) is 3.21. The zero-order valence-corrected chi connectivity index (χ0v) is 13.6. The minimum Gasteiger partial charge on any atom is -0.355 e. The van der Waals surface area contributed by atoms with E-state index in [2.05, 4.69) is 43.4 Å². The summed E-state index contributed by atoms with van der Waals surface area (Å²) in [6.45, 7) is 5.03. The van der Waals surface area contributed by atoms with Gasteiger partial charge in [-0.15, -0.1) is 0 Å². The molecule has 1 amide bonds. The van der Waals surface area contributed by atoms with E-state index < -0.39 is 0 Å². The molecule has 0 aliphatic carbocycles. The van der Waals surface area contributed by atoms with Crippen molar-refractivity contribution in [1.82, 2.24) is 5.32 Å². The van der Waals surface area contributed by atoms with Crippen molar-refractivity contribution < 1.29 is 9.18 Å². The van der Waals surface area contributed by atoms with Crippen LogP contribution < -0.4 is 5.32 Å². The van der Waals surface area contributed by atoms with Gasteiger partial charge in [0, 0.05) is 12.5 Å². The second-order valence-electron chi connectivity index (χ2n) is 6.60. The molecule has 2 unspecified atom stereocenters. The molecule has 2 atom stereocenters. The van der Waals surface area contributed by atoms with E-state index in [4.69, 9.17) is 0 Å². The van der Waals surface area contributed by atoms with Crippen molar-refractivity contribution in [3.05, 3.63) is 71.0 Å². The molecule has 0 spiro atoms. The first-order valence-corrected chi connectivity index (χ1v) is 8.17. The van der Waals surface area contributed by atoms with Crippen molar-refractivity contribution in [3.63, 3.8) is 0 Å². The van der Waals surface area contributed by atoms with Gasteiger partial charge in [0.2, 0.25) is 5.91 Å². The summed E-state index contributed by atoms with van der Waals surface area (Å²) in [6.07, 6.45) is 0.762. The SMILES string of the molecule is CC(C)c1ccc(C2CNC(=O)C(c3ccc(F)cc3)C2)cc1. The summed E-state index contributed by atoms with van der Waals surface area (Å²) < 4.78 is 13.1. The first kappa shape index (κ1) is 15.7. The molecule has 1 aliphatic rings. The summed E-state index contributed by atoms with van der Waals surface area (Å²) >= 11 is 0. The molecule has 2 aromatic carbocycles. The van der Waals surface area contributed by atoms with Gasteiger partial charge >= 0.3 is 0 Å². The maximum atomic E-state index is 13.1. The molecule has 1 fully saturated rings.